The van der Waals surface area contributed by atoms with Gasteiger partial charge in [-0.2, -0.15) is 0 Å². The second kappa shape index (κ2) is 41.5. The second-order valence-corrected chi connectivity index (χ2v) is 12.6. The van der Waals surface area contributed by atoms with Gasteiger partial charge < -0.3 is 14.6 Å². The van der Waals surface area contributed by atoms with Crippen molar-refractivity contribution in [2.45, 2.75) is 161 Å². The molecule has 0 aromatic rings. The van der Waals surface area contributed by atoms with E-state index in [0.29, 0.717) is 13.0 Å². The van der Waals surface area contributed by atoms with Gasteiger partial charge in [-0.05, 0) is 89.9 Å². The Balaban J connectivity index is 3.58. The van der Waals surface area contributed by atoms with E-state index in [1.165, 1.54) is 44.9 Å². The van der Waals surface area contributed by atoms with Crippen molar-refractivity contribution >= 4 is 5.97 Å². The van der Waals surface area contributed by atoms with Crippen LogP contribution in [0.4, 0.5) is 0 Å². The molecule has 0 aliphatic rings. The summed E-state index contributed by atoms with van der Waals surface area (Å²) in [5.74, 6) is -0.227. The average molecular weight is 679 g/mol. The van der Waals surface area contributed by atoms with E-state index in [0.717, 1.165) is 89.9 Å². The van der Waals surface area contributed by atoms with E-state index in [1.807, 2.05) is 0 Å². The number of allylic oxidation sites excluding steroid dienone is 16. The van der Waals surface area contributed by atoms with E-state index in [9.17, 15) is 9.90 Å². The minimum atomic E-state index is -0.557. The predicted molar refractivity (Wildman–Crippen MR) is 214 cm³/mol. The van der Waals surface area contributed by atoms with Crippen LogP contribution in [0.1, 0.15) is 155 Å². The van der Waals surface area contributed by atoms with Gasteiger partial charge in [0.15, 0.2) is 0 Å². The summed E-state index contributed by atoms with van der Waals surface area (Å²) < 4.78 is 11.1. The molecule has 0 fully saturated rings. The molecule has 0 spiro atoms. The molecule has 1 N–H and O–H groups in total. The maximum Gasteiger partial charge on any atom is 0.306 e. The van der Waals surface area contributed by atoms with Gasteiger partial charge in [-0.15, -0.1) is 0 Å². The Kier molecular flexibility index (Phi) is 39.2. The largest absolute Gasteiger partial charge is 0.457 e. The number of hydrogen-bond acceptors (Lipinski definition) is 4. The van der Waals surface area contributed by atoms with Crippen molar-refractivity contribution < 1.29 is 19.4 Å². The highest BCUT2D eigenvalue weighted by Crippen LogP contribution is 2.10. The Bertz CT molecular complexity index is 934. The molecule has 0 aromatic heterocycles. The molecule has 0 saturated carbocycles. The topological polar surface area (TPSA) is 55.8 Å². The third-order valence-electron chi connectivity index (χ3n) is 7.89. The predicted octanol–water partition coefficient (Wildman–Crippen LogP) is 13.0. The monoisotopic (exact) mass is 679 g/mol. The number of carbonyl (C=O) groups excluding carboxylic acids is 1. The standard InChI is InChI=1S/C45H74O4/c1-3-5-7-9-11-13-15-16-17-18-19-20-21-22-23-24-25-26-27-28-29-31-33-35-37-39-41-48-43-44(42-46)49-45(47)40-38-36-34-32-30-14-12-10-8-6-4-2/h5,7,10-13,16-17,19-20,22-23,25-26,28-29,44,46H,3-4,6,8-9,14-15,18,21,24,27,30-43H2,1-2H3/b7-5-,12-10-,13-11-,17-16-,20-19-,23-22-,26-25-,29-28-. The summed E-state index contributed by atoms with van der Waals surface area (Å²) in [5.41, 5.74) is 0. The van der Waals surface area contributed by atoms with E-state index in [4.69, 9.17) is 9.47 Å². The first-order valence-electron chi connectivity index (χ1n) is 19.8. The zero-order valence-corrected chi connectivity index (χ0v) is 31.7. The molecule has 0 amide bonds. The average Bonchev–Trinajstić information content (AvgIpc) is 3.11. The summed E-state index contributed by atoms with van der Waals surface area (Å²) >= 11 is 0. The lowest BCUT2D eigenvalue weighted by atomic mass is 10.1. The van der Waals surface area contributed by atoms with Gasteiger partial charge >= 0.3 is 5.97 Å². The highest BCUT2D eigenvalue weighted by atomic mass is 16.6. The zero-order chi connectivity index (χ0) is 35.6. The molecule has 4 heteroatoms. The Morgan fingerprint density at radius 1 is 0.510 bits per heavy atom. The quantitative estimate of drug-likeness (QED) is 0.0412. The number of aliphatic hydroxyl groups is 1. The van der Waals surface area contributed by atoms with E-state index in [2.05, 4.69) is 111 Å². The van der Waals surface area contributed by atoms with Gasteiger partial charge in [0.25, 0.3) is 0 Å². The first kappa shape index (κ1) is 46.3. The zero-order valence-electron chi connectivity index (χ0n) is 31.7. The van der Waals surface area contributed by atoms with E-state index >= 15 is 0 Å². The van der Waals surface area contributed by atoms with Crippen molar-refractivity contribution in [3.05, 3.63) is 97.2 Å². The van der Waals surface area contributed by atoms with Crippen LogP contribution in [0.3, 0.4) is 0 Å². The van der Waals surface area contributed by atoms with Crippen LogP contribution in [0, 0.1) is 0 Å². The van der Waals surface area contributed by atoms with Crippen molar-refractivity contribution in [1.29, 1.82) is 0 Å². The van der Waals surface area contributed by atoms with Crippen molar-refractivity contribution in [1.82, 2.24) is 0 Å². The number of ether oxygens (including phenoxy) is 2. The molecule has 0 bridgehead atoms. The molecule has 1 atom stereocenters. The number of hydrogen-bond donors (Lipinski definition) is 1. The first-order valence-corrected chi connectivity index (χ1v) is 19.8. The van der Waals surface area contributed by atoms with Crippen LogP contribution in [-0.4, -0.2) is 37.0 Å². The van der Waals surface area contributed by atoms with Crippen molar-refractivity contribution in [2.75, 3.05) is 19.8 Å². The molecule has 1 unspecified atom stereocenters. The molecule has 0 aliphatic carbocycles. The van der Waals surface area contributed by atoms with E-state index in [-0.39, 0.29) is 19.2 Å². The summed E-state index contributed by atoms with van der Waals surface area (Å²) in [7, 11) is 0. The molecule has 0 radical (unpaired) electrons. The molecule has 0 heterocycles. The third kappa shape index (κ3) is 39.6. The number of aliphatic hydroxyl groups excluding tert-OH is 1. The molecule has 0 rings (SSSR count). The lowest BCUT2D eigenvalue weighted by Crippen LogP contribution is -2.27. The fourth-order valence-electron chi connectivity index (χ4n) is 4.93. The maximum atomic E-state index is 12.1. The van der Waals surface area contributed by atoms with E-state index in [1.54, 1.807) is 0 Å². The molecule has 0 saturated heterocycles. The Morgan fingerprint density at radius 2 is 0.918 bits per heavy atom. The fourth-order valence-corrected chi connectivity index (χ4v) is 4.93. The van der Waals surface area contributed by atoms with Gasteiger partial charge in [0.2, 0.25) is 0 Å². The van der Waals surface area contributed by atoms with Crippen LogP contribution in [0.2, 0.25) is 0 Å². The van der Waals surface area contributed by atoms with Crippen LogP contribution >= 0.6 is 0 Å². The van der Waals surface area contributed by atoms with Crippen LogP contribution in [0.15, 0.2) is 97.2 Å². The summed E-state index contributed by atoms with van der Waals surface area (Å²) in [6, 6.07) is 0. The molecule has 278 valence electrons. The number of rotatable bonds is 35. The number of esters is 1. The Labute approximate surface area is 302 Å². The minimum absolute atomic E-state index is 0.192. The van der Waals surface area contributed by atoms with Crippen LogP contribution < -0.4 is 0 Å². The molecule has 0 aromatic carbocycles. The van der Waals surface area contributed by atoms with Crippen LogP contribution in [-0.2, 0) is 14.3 Å². The number of carbonyl (C=O) groups is 1. The smallest absolute Gasteiger partial charge is 0.306 e. The van der Waals surface area contributed by atoms with Gasteiger partial charge in [0.1, 0.15) is 6.10 Å². The highest BCUT2D eigenvalue weighted by molar-refractivity contribution is 5.69. The van der Waals surface area contributed by atoms with Gasteiger partial charge in [-0.25, -0.2) is 0 Å². The van der Waals surface area contributed by atoms with Crippen molar-refractivity contribution in [3.63, 3.8) is 0 Å². The van der Waals surface area contributed by atoms with E-state index < -0.39 is 6.10 Å². The molecule has 4 nitrogen and oxygen atoms in total. The highest BCUT2D eigenvalue weighted by Gasteiger charge is 2.13. The summed E-state index contributed by atoms with van der Waals surface area (Å²) in [4.78, 5) is 12.1. The molecule has 49 heavy (non-hydrogen) atoms. The lowest BCUT2D eigenvalue weighted by molar-refractivity contribution is -0.154. The third-order valence-corrected chi connectivity index (χ3v) is 7.89. The van der Waals surface area contributed by atoms with Gasteiger partial charge in [-0.3, -0.25) is 4.79 Å². The number of unbranched alkanes of at least 4 members (excludes halogenated alkanes) is 11. The Morgan fingerprint density at radius 3 is 1.41 bits per heavy atom. The summed E-state index contributed by atoms with van der Waals surface area (Å²) in [5, 5.41) is 9.55. The first-order chi connectivity index (χ1) is 24.2. The second-order valence-electron chi connectivity index (χ2n) is 12.6. The normalized spacial score (nSPS) is 13.4. The minimum Gasteiger partial charge on any atom is -0.457 e. The van der Waals surface area contributed by atoms with Gasteiger partial charge in [-0.1, -0.05) is 156 Å². The maximum absolute atomic E-state index is 12.1. The fraction of sp³-hybridized carbons (Fsp3) is 0.622. The SMILES string of the molecule is CC/C=C\C/C=C\C/C=C\C/C=C\C/C=C\C/C=C\C/C=C\CCCCCCOCC(CO)OC(=O)CCCCCCC/C=C\CCCC. The van der Waals surface area contributed by atoms with Crippen LogP contribution in [0.5, 0.6) is 0 Å². The molecular formula is C45H74O4. The van der Waals surface area contributed by atoms with Crippen molar-refractivity contribution in [2.24, 2.45) is 0 Å². The Hall–Kier alpha value is -2.69. The van der Waals surface area contributed by atoms with Crippen LogP contribution in [0.25, 0.3) is 0 Å². The van der Waals surface area contributed by atoms with Gasteiger partial charge in [0, 0.05) is 13.0 Å². The molecular weight excluding hydrogens is 604 g/mol. The van der Waals surface area contributed by atoms with Crippen molar-refractivity contribution in [3.8, 4) is 0 Å². The lowest BCUT2D eigenvalue weighted by Gasteiger charge is -2.15. The summed E-state index contributed by atoms with van der Waals surface area (Å²) in [6.07, 6.45) is 58.9. The molecule has 0 aliphatic heterocycles. The van der Waals surface area contributed by atoms with Gasteiger partial charge in [0.05, 0.1) is 13.2 Å². The summed E-state index contributed by atoms with van der Waals surface area (Å²) in [6.45, 7) is 5.10.